The fourth-order valence-corrected chi connectivity index (χ4v) is 1.63. The molecule has 0 aliphatic carbocycles. The number of aromatic nitrogens is 2. The Labute approximate surface area is 102 Å². The van der Waals surface area contributed by atoms with Gasteiger partial charge in [0, 0.05) is 19.5 Å². The number of anilines is 1. The van der Waals surface area contributed by atoms with Gasteiger partial charge in [-0.25, -0.2) is 9.97 Å². The van der Waals surface area contributed by atoms with Crippen LogP contribution in [0, 0.1) is 0 Å². The number of nitrogens with zero attached hydrogens (tertiary/aromatic N) is 3. The highest BCUT2D eigenvalue weighted by Gasteiger charge is 2.13. The molecule has 1 unspecified atom stereocenters. The molecular weight excluding hydrogens is 218 g/mol. The van der Waals surface area contributed by atoms with Crippen molar-refractivity contribution in [1.82, 2.24) is 9.97 Å². The minimum Gasteiger partial charge on any atom is -0.392 e. The van der Waals surface area contributed by atoms with Crippen LogP contribution < -0.4 is 4.90 Å². The predicted molar refractivity (Wildman–Crippen MR) is 67.0 cm³/mol. The van der Waals surface area contributed by atoms with Crippen LogP contribution in [0.1, 0.15) is 38.2 Å². The first kappa shape index (κ1) is 13.9. The molecule has 0 spiro atoms. The van der Waals surface area contributed by atoms with Crippen molar-refractivity contribution < 1.29 is 10.2 Å². The lowest BCUT2D eigenvalue weighted by Crippen LogP contribution is -2.28. The molecule has 1 heterocycles. The molecule has 0 aromatic carbocycles. The molecule has 0 aliphatic heterocycles. The van der Waals surface area contributed by atoms with Gasteiger partial charge in [0.15, 0.2) is 0 Å². The highest BCUT2D eigenvalue weighted by molar-refractivity contribution is 5.48. The molecule has 17 heavy (non-hydrogen) atoms. The van der Waals surface area contributed by atoms with Gasteiger partial charge in [-0.2, -0.15) is 0 Å². The second-order valence-corrected chi connectivity index (χ2v) is 4.60. The van der Waals surface area contributed by atoms with E-state index in [1.54, 1.807) is 13.1 Å². The number of hydrogen-bond acceptors (Lipinski definition) is 5. The van der Waals surface area contributed by atoms with E-state index >= 15 is 0 Å². The monoisotopic (exact) mass is 239 g/mol. The maximum absolute atomic E-state index is 9.35. The molecule has 0 saturated carbocycles. The fourth-order valence-electron chi connectivity index (χ4n) is 1.63. The van der Waals surface area contributed by atoms with Crippen LogP contribution in [0.4, 0.5) is 5.69 Å². The molecular formula is C12H21N3O2. The number of rotatable bonds is 5. The third-order valence-corrected chi connectivity index (χ3v) is 2.48. The molecule has 0 saturated heterocycles. The van der Waals surface area contributed by atoms with E-state index in [1.807, 2.05) is 25.8 Å². The standard InChI is InChI=1S/C12H21N3O2/c1-8(2)12-13-5-11(10(7-16)14-12)15(4)6-9(3)17/h5,8-9,16-17H,6-7H2,1-4H3. The van der Waals surface area contributed by atoms with E-state index in [-0.39, 0.29) is 12.5 Å². The van der Waals surface area contributed by atoms with Crippen LogP contribution in [0.5, 0.6) is 0 Å². The van der Waals surface area contributed by atoms with Crippen LogP contribution in [-0.4, -0.2) is 39.9 Å². The number of aliphatic hydroxyl groups excluding tert-OH is 2. The molecule has 0 amide bonds. The van der Waals surface area contributed by atoms with Gasteiger partial charge in [0.05, 0.1) is 30.3 Å². The third-order valence-electron chi connectivity index (χ3n) is 2.48. The molecule has 2 N–H and O–H groups in total. The maximum Gasteiger partial charge on any atom is 0.131 e. The number of aliphatic hydroxyl groups is 2. The molecule has 0 bridgehead atoms. The highest BCUT2D eigenvalue weighted by Crippen LogP contribution is 2.19. The summed E-state index contributed by atoms with van der Waals surface area (Å²) in [6.07, 6.45) is 1.27. The van der Waals surface area contributed by atoms with Gasteiger partial charge in [0.2, 0.25) is 0 Å². The first-order valence-electron chi connectivity index (χ1n) is 5.81. The van der Waals surface area contributed by atoms with E-state index in [9.17, 15) is 10.2 Å². The summed E-state index contributed by atoms with van der Waals surface area (Å²) in [5.41, 5.74) is 1.37. The molecule has 0 radical (unpaired) electrons. The van der Waals surface area contributed by atoms with Gasteiger partial charge in [-0.3, -0.25) is 0 Å². The van der Waals surface area contributed by atoms with E-state index < -0.39 is 6.10 Å². The molecule has 0 aliphatic rings. The van der Waals surface area contributed by atoms with Crippen molar-refractivity contribution in [3.63, 3.8) is 0 Å². The largest absolute Gasteiger partial charge is 0.392 e. The molecule has 5 nitrogen and oxygen atoms in total. The van der Waals surface area contributed by atoms with E-state index in [0.717, 1.165) is 11.5 Å². The smallest absolute Gasteiger partial charge is 0.131 e. The van der Waals surface area contributed by atoms with Gasteiger partial charge in [0.25, 0.3) is 0 Å². The van der Waals surface area contributed by atoms with Crippen molar-refractivity contribution in [2.24, 2.45) is 0 Å². The SMILES string of the molecule is CC(O)CN(C)c1cnc(C(C)C)nc1CO. The summed E-state index contributed by atoms with van der Waals surface area (Å²) in [6, 6.07) is 0. The molecule has 0 fully saturated rings. The lowest BCUT2D eigenvalue weighted by Gasteiger charge is -2.22. The zero-order chi connectivity index (χ0) is 13.0. The van der Waals surface area contributed by atoms with Crippen LogP contribution in [-0.2, 0) is 6.61 Å². The van der Waals surface area contributed by atoms with E-state index in [0.29, 0.717) is 12.2 Å². The Morgan fingerprint density at radius 1 is 1.35 bits per heavy atom. The van der Waals surface area contributed by atoms with E-state index in [2.05, 4.69) is 9.97 Å². The first-order valence-corrected chi connectivity index (χ1v) is 5.81. The third kappa shape index (κ3) is 3.64. The van der Waals surface area contributed by atoms with Crippen LogP contribution >= 0.6 is 0 Å². The zero-order valence-corrected chi connectivity index (χ0v) is 10.9. The maximum atomic E-state index is 9.35. The number of likely N-dealkylation sites (N-methyl/N-ethyl adjacent to an activating group) is 1. The average molecular weight is 239 g/mol. The highest BCUT2D eigenvalue weighted by atomic mass is 16.3. The average Bonchev–Trinajstić information content (AvgIpc) is 2.27. The van der Waals surface area contributed by atoms with Gasteiger partial charge in [-0.15, -0.1) is 0 Å². The van der Waals surface area contributed by atoms with Crippen LogP contribution in [0.15, 0.2) is 6.20 Å². The van der Waals surface area contributed by atoms with Crippen molar-refractivity contribution in [2.75, 3.05) is 18.5 Å². The van der Waals surface area contributed by atoms with Crippen LogP contribution in [0.25, 0.3) is 0 Å². The van der Waals surface area contributed by atoms with Gasteiger partial charge in [-0.1, -0.05) is 13.8 Å². The van der Waals surface area contributed by atoms with Gasteiger partial charge in [-0.05, 0) is 6.92 Å². The Balaban J connectivity index is 2.99. The summed E-state index contributed by atoms with van der Waals surface area (Å²) in [6.45, 7) is 6.10. The lowest BCUT2D eigenvalue weighted by molar-refractivity contribution is 0.201. The summed E-state index contributed by atoms with van der Waals surface area (Å²) in [4.78, 5) is 10.5. The molecule has 1 rings (SSSR count). The van der Waals surface area contributed by atoms with Gasteiger partial charge < -0.3 is 15.1 Å². The Morgan fingerprint density at radius 2 is 2.00 bits per heavy atom. The predicted octanol–water partition coefficient (Wildman–Crippen LogP) is 0.909. The Kier molecular flexibility index (Phi) is 4.84. The summed E-state index contributed by atoms with van der Waals surface area (Å²) in [5.74, 6) is 0.958. The summed E-state index contributed by atoms with van der Waals surface area (Å²) >= 11 is 0. The van der Waals surface area contributed by atoms with Gasteiger partial charge in [0.1, 0.15) is 5.82 Å². The second kappa shape index (κ2) is 5.93. The lowest BCUT2D eigenvalue weighted by atomic mass is 10.2. The topological polar surface area (TPSA) is 69.5 Å². The normalized spacial score (nSPS) is 12.9. The first-order chi connectivity index (χ1) is 7.95. The van der Waals surface area contributed by atoms with Crippen LogP contribution in [0.2, 0.25) is 0 Å². The molecule has 5 heteroatoms. The number of hydrogen-bond donors (Lipinski definition) is 2. The van der Waals surface area contributed by atoms with Crippen molar-refractivity contribution in [3.05, 3.63) is 17.7 Å². The molecule has 1 aromatic heterocycles. The quantitative estimate of drug-likeness (QED) is 0.799. The van der Waals surface area contributed by atoms with Crippen LogP contribution in [0.3, 0.4) is 0 Å². The molecule has 96 valence electrons. The summed E-state index contributed by atoms with van der Waals surface area (Å²) in [7, 11) is 1.85. The van der Waals surface area contributed by atoms with Crippen molar-refractivity contribution >= 4 is 5.69 Å². The second-order valence-electron chi connectivity index (χ2n) is 4.60. The van der Waals surface area contributed by atoms with Gasteiger partial charge >= 0.3 is 0 Å². The molecule has 1 atom stereocenters. The van der Waals surface area contributed by atoms with Crippen molar-refractivity contribution in [1.29, 1.82) is 0 Å². The Hall–Kier alpha value is -1.20. The Bertz CT molecular complexity index is 367. The minimum atomic E-state index is -0.434. The van der Waals surface area contributed by atoms with E-state index in [4.69, 9.17) is 0 Å². The Morgan fingerprint density at radius 3 is 2.47 bits per heavy atom. The van der Waals surface area contributed by atoms with Crippen molar-refractivity contribution in [2.45, 2.75) is 39.4 Å². The fraction of sp³-hybridized carbons (Fsp3) is 0.667. The molecule has 1 aromatic rings. The van der Waals surface area contributed by atoms with E-state index in [1.165, 1.54) is 0 Å². The zero-order valence-electron chi connectivity index (χ0n) is 10.9. The van der Waals surface area contributed by atoms with Crippen molar-refractivity contribution in [3.8, 4) is 0 Å². The summed E-state index contributed by atoms with van der Waals surface area (Å²) < 4.78 is 0. The minimum absolute atomic E-state index is 0.123. The summed E-state index contributed by atoms with van der Waals surface area (Å²) in [5, 5.41) is 18.7.